The van der Waals surface area contributed by atoms with E-state index in [1.165, 1.54) is 5.01 Å². The number of amides is 2. The van der Waals surface area contributed by atoms with Gasteiger partial charge in [0.15, 0.2) is 5.58 Å². The lowest BCUT2D eigenvalue weighted by molar-refractivity contribution is 0.147. The second-order valence-electron chi connectivity index (χ2n) is 6.55. The van der Waals surface area contributed by atoms with Gasteiger partial charge in [0.2, 0.25) is 5.89 Å². The molecule has 7 heteroatoms. The van der Waals surface area contributed by atoms with E-state index < -0.39 is 0 Å². The lowest BCUT2D eigenvalue weighted by Gasteiger charge is -2.20. The van der Waals surface area contributed by atoms with E-state index in [0.717, 1.165) is 5.52 Å². The van der Waals surface area contributed by atoms with Gasteiger partial charge in [-0.25, -0.2) is 15.2 Å². The molecule has 2 aromatic rings. The molecule has 1 aromatic heterocycles. The Balaban J connectivity index is 1.76. The van der Waals surface area contributed by atoms with Gasteiger partial charge in [-0.15, -0.1) is 0 Å². The highest BCUT2D eigenvalue weighted by Gasteiger charge is 2.21. The van der Waals surface area contributed by atoms with Crippen LogP contribution in [0.2, 0.25) is 0 Å². The molecule has 2 heterocycles. The topological polar surface area (TPSA) is 79.6 Å². The summed E-state index contributed by atoms with van der Waals surface area (Å²) < 4.78 is 11.1. The highest BCUT2D eigenvalue weighted by molar-refractivity contribution is 5.91. The van der Waals surface area contributed by atoms with Crippen LogP contribution in [-0.2, 0) is 10.2 Å². The lowest BCUT2D eigenvalue weighted by atomic mass is 9.97. The molecule has 2 amide bonds. The first-order chi connectivity index (χ1) is 10.9. The quantitative estimate of drug-likeness (QED) is 0.844. The van der Waals surface area contributed by atoms with Crippen LogP contribution in [0.3, 0.4) is 0 Å². The molecular weight excluding hydrogens is 296 g/mol. The molecule has 3 rings (SSSR count). The highest BCUT2D eigenvalue weighted by Crippen LogP contribution is 2.27. The van der Waals surface area contributed by atoms with Crippen molar-refractivity contribution in [3.8, 4) is 0 Å². The van der Waals surface area contributed by atoms with E-state index in [1.54, 1.807) is 0 Å². The first-order valence-corrected chi connectivity index (χ1v) is 7.74. The molecule has 2 N–H and O–H groups in total. The zero-order valence-electron chi connectivity index (χ0n) is 13.7. The molecule has 1 aliphatic heterocycles. The van der Waals surface area contributed by atoms with E-state index >= 15 is 0 Å². The van der Waals surface area contributed by atoms with Crippen LogP contribution in [0, 0.1) is 0 Å². The number of urea groups is 1. The standard InChI is InChI=1S/C16H22N4O3/c1-16(2,3)14-19-12-10-11(4-5-13(12)23-14)18-15(21)20-7-9-22-8-6-17-20/h4-5,10,17H,6-9H2,1-3H3,(H,18,21). The number of nitrogens with one attached hydrogen (secondary N) is 2. The Bertz CT molecular complexity index is 697. The Morgan fingerprint density at radius 3 is 2.96 bits per heavy atom. The Labute approximate surface area is 135 Å². The molecular formula is C16H22N4O3. The van der Waals surface area contributed by atoms with Crippen molar-refractivity contribution in [3.05, 3.63) is 24.1 Å². The number of carbonyl (C=O) groups excluding carboxylic acids is 1. The van der Waals surface area contributed by atoms with Gasteiger partial charge in [0.1, 0.15) is 5.52 Å². The van der Waals surface area contributed by atoms with Crippen LogP contribution in [0.25, 0.3) is 11.1 Å². The van der Waals surface area contributed by atoms with E-state index in [-0.39, 0.29) is 11.4 Å². The number of hydrogen-bond acceptors (Lipinski definition) is 5. The molecule has 124 valence electrons. The molecule has 1 saturated heterocycles. The first kappa shape index (κ1) is 15.8. The number of nitrogens with zero attached hydrogens (tertiary/aromatic N) is 2. The van der Waals surface area contributed by atoms with Gasteiger partial charge in [0.25, 0.3) is 0 Å². The summed E-state index contributed by atoms with van der Waals surface area (Å²) in [4.78, 5) is 16.8. The van der Waals surface area contributed by atoms with Gasteiger partial charge in [-0.1, -0.05) is 20.8 Å². The Morgan fingerprint density at radius 1 is 1.35 bits per heavy atom. The largest absolute Gasteiger partial charge is 0.440 e. The number of fused-ring (bicyclic) bond motifs is 1. The van der Waals surface area contributed by atoms with Crippen LogP contribution in [0.4, 0.5) is 10.5 Å². The average Bonchev–Trinajstić information content (AvgIpc) is 2.74. The Kier molecular flexibility index (Phi) is 4.23. The third kappa shape index (κ3) is 3.62. The van der Waals surface area contributed by atoms with Gasteiger partial charge in [0, 0.05) is 17.6 Å². The predicted molar refractivity (Wildman–Crippen MR) is 87.3 cm³/mol. The maximum atomic E-state index is 12.3. The number of ether oxygens (including phenoxy) is 1. The number of hydrogen-bond donors (Lipinski definition) is 2. The van der Waals surface area contributed by atoms with E-state index in [1.807, 2.05) is 39.0 Å². The number of anilines is 1. The van der Waals surface area contributed by atoms with E-state index in [4.69, 9.17) is 9.15 Å². The van der Waals surface area contributed by atoms with Crippen molar-refractivity contribution in [2.24, 2.45) is 0 Å². The summed E-state index contributed by atoms with van der Waals surface area (Å²) in [7, 11) is 0. The fraction of sp³-hybridized carbons (Fsp3) is 0.500. The van der Waals surface area contributed by atoms with E-state index in [0.29, 0.717) is 43.5 Å². The van der Waals surface area contributed by atoms with Crippen molar-refractivity contribution in [1.29, 1.82) is 0 Å². The Morgan fingerprint density at radius 2 is 2.17 bits per heavy atom. The zero-order valence-corrected chi connectivity index (χ0v) is 13.7. The summed E-state index contributed by atoms with van der Waals surface area (Å²) in [5, 5.41) is 4.40. The molecule has 0 unspecified atom stereocenters. The molecule has 0 saturated carbocycles. The van der Waals surface area contributed by atoms with Gasteiger partial charge in [-0.3, -0.25) is 5.01 Å². The van der Waals surface area contributed by atoms with Crippen LogP contribution in [-0.4, -0.2) is 42.3 Å². The van der Waals surface area contributed by atoms with Gasteiger partial charge < -0.3 is 14.5 Å². The lowest BCUT2D eigenvalue weighted by Crippen LogP contribution is -2.45. The number of hydrazine groups is 1. The summed E-state index contributed by atoms with van der Waals surface area (Å²) in [5.74, 6) is 0.683. The minimum Gasteiger partial charge on any atom is -0.440 e. The molecule has 1 aromatic carbocycles. The molecule has 0 radical (unpaired) electrons. The minimum atomic E-state index is -0.214. The number of rotatable bonds is 1. The monoisotopic (exact) mass is 318 g/mol. The number of oxazole rings is 1. The fourth-order valence-corrected chi connectivity index (χ4v) is 2.28. The van der Waals surface area contributed by atoms with Crippen molar-refractivity contribution in [1.82, 2.24) is 15.4 Å². The molecule has 7 nitrogen and oxygen atoms in total. The number of benzene rings is 1. The molecule has 0 aliphatic carbocycles. The summed E-state index contributed by atoms with van der Waals surface area (Å²) in [6.07, 6.45) is 0. The van der Waals surface area contributed by atoms with Crippen LogP contribution in [0.1, 0.15) is 26.7 Å². The molecule has 0 atom stereocenters. The number of aromatic nitrogens is 1. The van der Waals surface area contributed by atoms with Crippen LogP contribution < -0.4 is 10.7 Å². The summed E-state index contributed by atoms with van der Waals surface area (Å²) in [6.45, 7) is 8.40. The van der Waals surface area contributed by atoms with Crippen molar-refractivity contribution >= 4 is 22.8 Å². The maximum absolute atomic E-state index is 12.3. The normalized spacial score (nSPS) is 16.4. The smallest absolute Gasteiger partial charge is 0.336 e. The third-order valence-electron chi connectivity index (χ3n) is 3.53. The zero-order chi connectivity index (χ0) is 16.4. The predicted octanol–water partition coefficient (Wildman–Crippen LogP) is 2.49. The van der Waals surface area contributed by atoms with E-state index in [9.17, 15) is 4.79 Å². The SMILES string of the molecule is CC(C)(C)c1nc2cc(NC(=O)N3CCOCCN3)ccc2o1. The average molecular weight is 318 g/mol. The minimum absolute atomic E-state index is 0.154. The molecule has 0 spiro atoms. The summed E-state index contributed by atoms with van der Waals surface area (Å²) in [6, 6.07) is 5.24. The fourth-order valence-electron chi connectivity index (χ4n) is 2.28. The van der Waals surface area contributed by atoms with Gasteiger partial charge in [-0.05, 0) is 18.2 Å². The first-order valence-electron chi connectivity index (χ1n) is 7.74. The molecule has 1 aliphatic rings. The number of carbonyl (C=O) groups is 1. The summed E-state index contributed by atoms with van der Waals surface area (Å²) in [5.41, 5.74) is 5.01. The van der Waals surface area contributed by atoms with Gasteiger partial charge >= 0.3 is 6.03 Å². The van der Waals surface area contributed by atoms with Crippen molar-refractivity contribution < 1.29 is 13.9 Å². The molecule has 0 bridgehead atoms. The third-order valence-corrected chi connectivity index (χ3v) is 3.53. The van der Waals surface area contributed by atoms with E-state index in [2.05, 4.69) is 15.7 Å². The highest BCUT2D eigenvalue weighted by atomic mass is 16.5. The van der Waals surface area contributed by atoms with Crippen LogP contribution >= 0.6 is 0 Å². The van der Waals surface area contributed by atoms with Gasteiger partial charge in [0.05, 0.1) is 19.8 Å². The second kappa shape index (κ2) is 6.17. The second-order valence-corrected chi connectivity index (χ2v) is 6.55. The van der Waals surface area contributed by atoms with Crippen LogP contribution in [0.5, 0.6) is 0 Å². The maximum Gasteiger partial charge on any atom is 0.336 e. The molecule has 1 fully saturated rings. The van der Waals surface area contributed by atoms with Crippen molar-refractivity contribution in [2.75, 3.05) is 31.6 Å². The van der Waals surface area contributed by atoms with Crippen molar-refractivity contribution in [2.45, 2.75) is 26.2 Å². The van der Waals surface area contributed by atoms with Gasteiger partial charge in [-0.2, -0.15) is 0 Å². The summed E-state index contributed by atoms with van der Waals surface area (Å²) >= 11 is 0. The molecule has 23 heavy (non-hydrogen) atoms. The van der Waals surface area contributed by atoms with Crippen LogP contribution in [0.15, 0.2) is 22.6 Å². The Hall–Kier alpha value is -2.12. The van der Waals surface area contributed by atoms with Crippen molar-refractivity contribution in [3.63, 3.8) is 0 Å².